The van der Waals surface area contributed by atoms with Crippen LogP contribution in [0.5, 0.6) is 0 Å². The van der Waals surface area contributed by atoms with Crippen molar-refractivity contribution in [3.8, 4) is 22.5 Å². The third-order valence-corrected chi connectivity index (χ3v) is 15.2. The molecular formula is C60H52F2N6O4. The summed E-state index contributed by atoms with van der Waals surface area (Å²) in [5, 5.41) is 5.67. The van der Waals surface area contributed by atoms with E-state index in [1.165, 1.54) is 36.4 Å². The molecule has 0 saturated heterocycles. The number of hydrogen-bond acceptors (Lipinski definition) is 6. The number of nitrogens with one attached hydrogen (secondary N) is 4. The number of aromatic amines is 2. The summed E-state index contributed by atoms with van der Waals surface area (Å²) in [5.74, 6) is -0.00175. The van der Waals surface area contributed by atoms with E-state index in [2.05, 4.69) is 68.7 Å². The van der Waals surface area contributed by atoms with Gasteiger partial charge in [0, 0.05) is 81.8 Å². The SMILES string of the molecule is Cc1cc(F)ccc1C(=O)Nc1cc(-c2[nH]c3c(c2Cc2ccccc2)C(=O)[C@@H]2C[C@]2(C)C3)ccn1.Cc1cc(F)ccc1C(=O)Nc1cc(-c2[nH]c3c(c2Cc2ccccc2)C(=O)[C@H]2C[C@@]2(C)C3)ccn1. The molecule has 4 atom stereocenters. The molecule has 4 aromatic carbocycles. The quantitative estimate of drug-likeness (QED) is 0.107. The van der Waals surface area contributed by atoms with Crippen molar-refractivity contribution in [2.45, 2.75) is 66.2 Å². The van der Waals surface area contributed by atoms with Crippen LogP contribution in [0.2, 0.25) is 0 Å². The minimum Gasteiger partial charge on any atom is -0.358 e. The van der Waals surface area contributed by atoms with E-state index in [1.54, 1.807) is 26.2 Å². The number of amides is 2. The van der Waals surface area contributed by atoms with Gasteiger partial charge in [0.2, 0.25) is 0 Å². The van der Waals surface area contributed by atoms with Crippen LogP contribution in [0.25, 0.3) is 22.5 Å². The number of carbonyl (C=O) groups is 4. The normalized spacial score (nSPS) is 20.0. The average molecular weight is 959 g/mol. The Morgan fingerprint density at radius 2 is 0.986 bits per heavy atom. The first-order valence-corrected chi connectivity index (χ1v) is 24.4. The lowest BCUT2D eigenvalue weighted by Crippen LogP contribution is -2.20. The molecule has 8 aromatic rings. The van der Waals surface area contributed by atoms with Gasteiger partial charge < -0.3 is 20.6 Å². The van der Waals surface area contributed by atoms with Gasteiger partial charge in [0.15, 0.2) is 11.6 Å². The fourth-order valence-electron chi connectivity index (χ4n) is 11.1. The van der Waals surface area contributed by atoms with Gasteiger partial charge in [-0.1, -0.05) is 74.5 Å². The number of benzene rings is 4. The topological polar surface area (TPSA) is 150 Å². The number of nitrogens with zero attached hydrogens (tertiary/aromatic N) is 2. The fourth-order valence-corrected chi connectivity index (χ4v) is 11.1. The highest BCUT2D eigenvalue weighted by Crippen LogP contribution is 2.61. The van der Waals surface area contributed by atoms with Gasteiger partial charge in [-0.15, -0.1) is 0 Å². The Morgan fingerprint density at radius 1 is 0.583 bits per heavy atom. The predicted molar refractivity (Wildman–Crippen MR) is 273 cm³/mol. The number of fused-ring (bicyclic) bond motifs is 4. The number of Topliss-reactive ketones (excluding diaryl/α,β-unsaturated/α-hetero) is 2. The number of pyridine rings is 2. The molecule has 0 unspecified atom stereocenters. The summed E-state index contributed by atoms with van der Waals surface area (Å²) in [6.07, 6.45) is 8.18. The van der Waals surface area contributed by atoms with Gasteiger partial charge in [-0.2, -0.15) is 0 Å². The summed E-state index contributed by atoms with van der Waals surface area (Å²) in [6, 6.07) is 35.8. The van der Waals surface area contributed by atoms with E-state index in [-0.39, 0.29) is 57.7 Å². The Kier molecular flexibility index (Phi) is 11.5. The van der Waals surface area contributed by atoms with Crippen LogP contribution in [-0.2, 0) is 25.7 Å². The lowest BCUT2D eigenvalue weighted by Gasteiger charge is -2.17. The van der Waals surface area contributed by atoms with Gasteiger partial charge in [0.05, 0.1) is 11.4 Å². The van der Waals surface area contributed by atoms with Crippen LogP contribution < -0.4 is 10.6 Å². The minimum atomic E-state index is -0.383. The average Bonchev–Trinajstić information content (AvgIpc) is 4.15. The monoisotopic (exact) mass is 958 g/mol. The van der Waals surface area contributed by atoms with E-state index in [9.17, 15) is 28.0 Å². The van der Waals surface area contributed by atoms with Crippen molar-refractivity contribution in [1.82, 2.24) is 19.9 Å². The lowest BCUT2D eigenvalue weighted by atomic mass is 9.84. The van der Waals surface area contributed by atoms with Gasteiger partial charge in [0.1, 0.15) is 23.3 Å². The fraction of sp³-hybridized carbons (Fsp3) is 0.233. The molecule has 2 amide bonds. The predicted octanol–water partition coefficient (Wildman–Crippen LogP) is 12.3. The maximum atomic E-state index is 13.5. The van der Waals surface area contributed by atoms with Crippen molar-refractivity contribution in [2.24, 2.45) is 22.7 Å². The van der Waals surface area contributed by atoms with Gasteiger partial charge in [-0.3, -0.25) is 19.2 Å². The van der Waals surface area contributed by atoms with Crippen molar-refractivity contribution in [2.75, 3.05) is 10.6 Å². The number of aromatic nitrogens is 4. The summed E-state index contributed by atoms with van der Waals surface area (Å²) < 4.78 is 27.0. The summed E-state index contributed by atoms with van der Waals surface area (Å²) in [4.78, 5) is 68.4. The summed E-state index contributed by atoms with van der Waals surface area (Å²) >= 11 is 0. The van der Waals surface area contributed by atoms with Crippen LogP contribution in [0.15, 0.2) is 134 Å². The molecule has 4 aliphatic carbocycles. The van der Waals surface area contributed by atoms with Crippen molar-refractivity contribution < 1.29 is 28.0 Å². The zero-order chi connectivity index (χ0) is 50.1. The summed E-state index contributed by atoms with van der Waals surface area (Å²) in [5.41, 5.74) is 13.4. The van der Waals surface area contributed by atoms with Gasteiger partial charge in [0.25, 0.3) is 11.8 Å². The van der Waals surface area contributed by atoms with Gasteiger partial charge >= 0.3 is 0 Å². The van der Waals surface area contributed by atoms with E-state index in [0.717, 1.165) is 93.0 Å². The molecule has 4 heterocycles. The van der Waals surface area contributed by atoms with Crippen molar-refractivity contribution in [3.63, 3.8) is 0 Å². The number of ketones is 2. The molecule has 12 heteroatoms. The summed E-state index contributed by atoms with van der Waals surface area (Å²) in [6.45, 7) is 7.77. The van der Waals surface area contributed by atoms with Crippen LogP contribution in [0.3, 0.4) is 0 Å². The molecular weight excluding hydrogens is 907 g/mol. The first-order chi connectivity index (χ1) is 34.6. The highest BCUT2D eigenvalue weighted by atomic mass is 19.1. The van der Waals surface area contributed by atoms with E-state index in [1.807, 2.05) is 60.7 Å². The molecule has 0 bridgehead atoms. The Labute approximate surface area is 415 Å². The second kappa shape index (κ2) is 17.9. The maximum absolute atomic E-state index is 13.5. The van der Waals surface area contributed by atoms with Crippen molar-refractivity contribution in [1.29, 1.82) is 0 Å². The van der Waals surface area contributed by atoms with Crippen molar-refractivity contribution in [3.05, 3.63) is 212 Å². The minimum absolute atomic E-state index is 0.0562. The smallest absolute Gasteiger partial charge is 0.257 e. The third-order valence-electron chi connectivity index (χ3n) is 15.2. The third kappa shape index (κ3) is 8.75. The van der Waals surface area contributed by atoms with Crippen LogP contribution in [0.1, 0.15) is 113 Å². The Hall–Kier alpha value is -8.12. The number of halogens is 2. The molecule has 4 N–H and O–H groups in total. The highest BCUT2D eigenvalue weighted by Gasteiger charge is 2.59. The Bertz CT molecular complexity index is 3280. The Morgan fingerprint density at radius 3 is 1.38 bits per heavy atom. The number of aryl methyl sites for hydroxylation is 2. The molecule has 2 saturated carbocycles. The molecule has 0 aliphatic heterocycles. The largest absolute Gasteiger partial charge is 0.358 e. The molecule has 10 nitrogen and oxygen atoms in total. The highest BCUT2D eigenvalue weighted by molar-refractivity contribution is 6.08. The molecule has 0 radical (unpaired) electrons. The molecule has 4 aliphatic rings. The maximum Gasteiger partial charge on any atom is 0.257 e. The van der Waals surface area contributed by atoms with Crippen LogP contribution in [0.4, 0.5) is 20.4 Å². The molecule has 2 fully saturated rings. The number of carbonyl (C=O) groups excluding carboxylic acids is 4. The molecule has 4 aromatic heterocycles. The molecule has 72 heavy (non-hydrogen) atoms. The van der Waals surface area contributed by atoms with Crippen LogP contribution >= 0.6 is 0 Å². The van der Waals surface area contributed by atoms with Gasteiger partial charge in [-0.25, -0.2) is 18.7 Å². The zero-order valence-corrected chi connectivity index (χ0v) is 40.4. The number of H-pyrrole nitrogens is 2. The standard InChI is InChI=1S/2C30H26FN3O2/c2*1-17-12-20(31)8-9-21(17)29(36)34-25-14-19(10-11-32-25)27-22(13-18-6-4-3-5-7-18)26-24(33-27)16-30(2)15-23(30)28(26)35/h2*3-12,14,23,33H,13,15-16H2,1-2H3,(H,32,34,36)/t2*23-,30+/m10/s1. The number of rotatable bonds is 10. The van der Waals surface area contributed by atoms with Crippen LogP contribution in [-0.4, -0.2) is 43.3 Å². The van der Waals surface area contributed by atoms with E-state index >= 15 is 0 Å². The first kappa shape index (κ1) is 46.3. The molecule has 360 valence electrons. The van der Waals surface area contributed by atoms with Crippen LogP contribution in [0, 0.1) is 48.1 Å². The summed E-state index contributed by atoms with van der Waals surface area (Å²) in [7, 11) is 0. The first-order valence-electron chi connectivity index (χ1n) is 24.4. The second-order valence-electron chi connectivity index (χ2n) is 20.6. The molecule has 12 rings (SSSR count). The van der Waals surface area contributed by atoms with E-state index < -0.39 is 0 Å². The van der Waals surface area contributed by atoms with Crippen molar-refractivity contribution >= 4 is 35.0 Å². The van der Waals surface area contributed by atoms with Gasteiger partial charge in [-0.05, 0) is 144 Å². The Balaban J connectivity index is 0.000000156. The number of hydrogen-bond donors (Lipinski definition) is 4. The van der Waals surface area contributed by atoms with E-state index in [0.29, 0.717) is 46.7 Å². The molecule has 0 spiro atoms. The van der Waals surface area contributed by atoms with E-state index in [4.69, 9.17) is 0 Å². The second-order valence-corrected chi connectivity index (χ2v) is 20.6. The number of anilines is 2. The lowest BCUT2D eigenvalue weighted by molar-refractivity contribution is 0.0931. The zero-order valence-electron chi connectivity index (χ0n) is 40.4.